The first-order chi connectivity index (χ1) is 15.0. The number of ether oxygens (including phenoxy) is 1. The second kappa shape index (κ2) is 9.22. The molecular formula is C24H29N5O2. The highest BCUT2D eigenvalue weighted by atomic mass is 16.5. The first-order valence-corrected chi connectivity index (χ1v) is 10.6. The third-order valence-electron chi connectivity index (χ3n) is 5.64. The molecule has 7 heteroatoms. The number of nitrogens with one attached hydrogen (secondary N) is 1. The topological polar surface area (TPSA) is 62.6 Å². The predicted molar refractivity (Wildman–Crippen MR) is 123 cm³/mol. The number of anilines is 2. The first kappa shape index (κ1) is 20.9. The van der Waals surface area contributed by atoms with E-state index in [9.17, 15) is 4.79 Å². The van der Waals surface area contributed by atoms with Gasteiger partial charge in [-0.2, -0.15) is 0 Å². The van der Waals surface area contributed by atoms with E-state index in [1.807, 2.05) is 62.6 Å². The molecule has 0 radical (unpaired) electrons. The molecule has 1 N–H and O–H groups in total. The van der Waals surface area contributed by atoms with Crippen LogP contribution in [0.5, 0.6) is 5.75 Å². The van der Waals surface area contributed by atoms with Gasteiger partial charge in [0.2, 0.25) is 11.9 Å². The van der Waals surface area contributed by atoms with Gasteiger partial charge in [0.05, 0.1) is 19.3 Å². The number of carbonyl (C=O) groups excluding carboxylic acids is 1. The fourth-order valence-corrected chi connectivity index (χ4v) is 3.86. The van der Waals surface area contributed by atoms with Crippen molar-refractivity contribution in [1.82, 2.24) is 14.5 Å². The van der Waals surface area contributed by atoms with Gasteiger partial charge < -0.3 is 15.0 Å². The number of hydrogen-bond acceptors (Lipinski definition) is 5. The second-order valence-corrected chi connectivity index (χ2v) is 7.93. The van der Waals surface area contributed by atoms with E-state index in [0.29, 0.717) is 6.54 Å². The summed E-state index contributed by atoms with van der Waals surface area (Å²) in [5.41, 5.74) is 4.13. The number of imidazole rings is 1. The zero-order chi connectivity index (χ0) is 21.8. The molecule has 0 saturated carbocycles. The van der Waals surface area contributed by atoms with E-state index in [1.165, 1.54) is 0 Å². The molecule has 0 spiro atoms. The Morgan fingerprint density at radius 1 is 1.10 bits per heavy atom. The number of piperazine rings is 1. The van der Waals surface area contributed by atoms with Gasteiger partial charge in [-0.25, -0.2) is 4.98 Å². The molecule has 1 aromatic heterocycles. The summed E-state index contributed by atoms with van der Waals surface area (Å²) in [4.78, 5) is 21.6. The van der Waals surface area contributed by atoms with Crippen molar-refractivity contribution in [2.75, 3.05) is 50.1 Å². The van der Waals surface area contributed by atoms with Crippen LogP contribution in [0.25, 0.3) is 5.69 Å². The molecule has 0 unspecified atom stereocenters. The van der Waals surface area contributed by atoms with Gasteiger partial charge in [-0.1, -0.05) is 18.2 Å². The molecule has 2 heterocycles. The standard InChI is InChI=1S/C24H29N5O2/c1-18-7-8-19(2)22(15-18)26-23(30)17-27-11-13-28(14-12-27)24-25-9-10-29(24)20-5-4-6-21(16-20)31-3/h4-10,15-16H,11-14,17H2,1-3H3,(H,26,30). The molecule has 7 nitrogen and oxygen atoms in total. The zero-order valence-electron chi connectivity index (χ0n) is 18.3. The highest BCUT2D eigenvalue weighted by Gasteiger charge is 2.22. The third kappa shape index (κ3) is 4.88. The van der Waals surface area contributed by atoms with Crippen LogP contribution in [0.2, 0.25) is 0 Å². The summed E-state index contributed by atoms with van der Waals surface area (Å²) in [7, 11) is 1.67. The normalized spacial score (nSPS) is 14.5. The number of amides is 1. The van der Waals surface area contributed by atoms with E-state index >= 15 is 0 Å². The predicted octanol–water partition coefficient (Wildman–Crippen LogP) is 3.26. The Morgan fingerprint density at radius 3 is 2.68 bits per heavy atom. The fraction of sp³-hybridized carbons (Fsp3) is 0.333. The molecule has 0 atom stereocenters. The van der Waals surface area contributed by atoms with Crippen LogP contribution < -0.4 is 15.0 Å². The van der Waals surface area contributed by atoms with Crippen LogP contribution in [0.4, 0.5) is 11.6 Å². The lowest BCUT2D eigenvalue weighted by Gasteiger charge is -2.35. The van der Waals surface area contributed by atoms with Gasteiger partial charge in [0.25, 0.3) is 0 Å². The minimum Gasteiger partial charge on any atom is -0.497 e. The highest BCUT2D eigenvalue weighted by molar-refractivity contribution is 5.93. The lowest BCUT2D eigenvalue weighted by Crippen LogP contribution is -2.49. The Labute approximate surface area is 183 Å². The molecule has 1 aliphatic heterocycles. The largest absolute Gasteiger partial charge is 0.497 e. The number of rotatable bonds is 6. The fourth-order valence-electron chi connectivity index (χ4n) is 3.86. The molecule has 1 fully saturated rings. The summed E-state index contributed by atoms with van der Waals surface area (Å²) in [6.07, 6.45) is 3.78. The van der Waals surface area contributed by atoms with Gasteiger partial charge in [0, 0.05) is 50.3 Å². The lowest BCUT2D eigenvalue weighted by molar-refractivity contribution is -0.117. The van der Waals surface area contributed by atoms with Crippen LogP contribution in [0.15, 0.2) is 54.9 Å². The number of methoxy groups -OCH3 is 1. The molecule has 0 bridgehead atoms. The molecular weight excluding hydrogens is 390 g/mol. The van der Waals surface area contributed by atoms with Crippen LogP contribution in [0, 0.1) is 13.8 Å². The van der Waals surface area contributed by atoms with Crippen molar-refractivity contribution in [3.63, 3.8) is 0 Å². The van der Waals surface area contributed by atoms with Crippen molar-refractivity contribution in [1.29, 1.82) is 0 Å². The molecule has 4 rings (SSSR count). The minimum atomic E-state index is 0.0278. The molecule has 1 amide bonds. The van der Waals surface area contributed by atoms with Gasteiger partial charge in [-0.05, 0) is 43.2 Å². The number of aryl methyl sites for hydroxylation is 2. The van der Waals surface area contributed by atoms with E-state index in [-0.39, 0.29) is 5.91 Å². The number of benzene rings is 2. The summed E-state index contributed by atoms with van der Waals surface area (Å²) < 4.78 is 7.43. The Kier molecular flexibility index (Phi) is 6.23. The molecule has 31 heavy (non-hydrogen) atoms. The SMILES string of the molecule is COc1cccc(-n2ccnc2N2CCN(CC(=O)Nc3cc(C)ccc3C)CC2)c1. The van der Waals surface area contributed by atoms with E-state index in [2.05, 4.69) is 30.7 Å². The van der Waals surface area contributed by atoms with Crippen molar-refractivity contribution >= 4 is 17.5 Å². The maximum atomic E-state index is 12.6. The van der Waals surface area contributed by atoms with Gasteiger partial charge in [-0.15, -0.1) is 0 Å². The highest BCUT2D eigenvalue weighted by Crippen LogP contribution is 2.23. The summed E-state index contributed by atoms with van der Waals surface area (Å²) >= 11 is 0. The molecule has 3 aromatic rings. The number of hydrogen-bond donors (Lipinski definition) is 1. The maximum absolute atomic E-state index is 12.6. The summed E-state index contributed by atoms with van der Waals surface area (Å²) in [5, 5.41) is 3.06. The quantitative estimate of drug-likeness (QED) is 0.665. The molecule has 2 aromatic carbocycles. The van der Waals surface area contributed by atoms with Crippen LogP contribution in [-0.4, -0.2) is 60.2 Å². The summed E-state index contributed by atoms with van der Waals surface area (Å²) in [5.74, 6) is 1.75. The van der Waals surface area contributed by atoms with E-state index in [1.54, 1.807) is 7.11 Å². The average molecular weight is 420 g/mol. The van der Waals surface area contributed by atoms with Crippen molar-refractivity contribution in [3.05, 3.63) is 66.0 Å². The van der Waals surface area contributed by atoms with Gasteiger partial charge >= 0.3 is 0 Å². The van der Waals surface area contributed by atoms with Gasteiger partial charge in [0.1, 0.15) is 5.75 Å². The Balaban J connectivity index is 1.36. The number of carbonyl (C=O) groups is 1. The number of aromatic nitrogens is 2. The average Bonchev–Trinajstić information content (AvgIpc) is 3.27. The molecule has 1 saturated heterocycles. The smallest absolute Gasteiger partial charge is 0.238 e. The van der Waals surface area contributed by atoms with Crippen LogP contribution >= 0.6 is 0 Å². The van der Waals surface area contributed by atoms with Crippen molar-refractivity contribution in [3.8, 4) is 11.4 Å². The molecule has 0 aliphatic carbocycles. The number of nitrogens with zero attached hydrogens (tertiary/aromatic N) is 4. The van der Waals surface area contributed by atoms with Crippen LogP contribution in [0.1, 0.15) is 11.1 Å². The van der Waals surface area contributed by atoms with E-state index < -0.39 is 0 Å². The van der Waals surface area contributed by atoms with Crippen molar-refractivity contribution < 1.29 is 9.53 Å². The van der Waals surface area contributed by atoms with Gasteiger partial charge in [-0.3, -0.25) is 14.3 Å². The van der Waals surface area contributed by atoms with E-state index in [0.717, 1.165) is 60.4 Å². The van der Waals surface area contributed by atoms with Crippen LogP contribution in [0.3, 0.4) is 0 Å². The zero-order valence-corrected chi connectivity index (χ0v) is 18.3. The summed E-state index contributed by atoms with van der Waals surface area (Å²) in [6, 6.07) is 14.1. The van der Waals surface area contributed by atoms with Crippen molar-refractivity contribution in [2.45, 2.75) is 13.8 Å². The molecule has 162 valence electrons. The minimum absolute atomic E-state index is 0.0278. The van der Waals surface area contributed by atoms with Crippen LogP contribution in [-0.2, 0) is 4.79 Å². The third-order valence-corrected chi connectivity index (χ3v) is 5.64. The first-order valence-electron chi connectivity index (χ1n) is 10.6. The van der Waals surface area contributed by atoms with Gasteiger partial charge in [0.15, 0.2) is 0 Å². The lowest BCUT2D eigenvalue weighted by atomic mass is 10.1. The Hall–Kier alpha value is -3.32. The van der Waals surface area contributed by atoms with Crippen molar-refractivity contribution in [2.24, 2.45) is 0 Å². The van der Waals surface area contributed by atoms with E-state index in [4.69, 9.17) is 4.74 Å². The second-order valence-electron chi connectivity index (χ2n) is 7.93. The monoisotopic (exact) mass is 419 g/mol. The Bertz CT molecular complexity index is 1050. The molecule has 1 aliphatic rings. The Morgan fingerprint density at radius 2 is 1.90 bits per heavy atom. The summed E-state index contributed by atoms with van der Waals surface area (Å²) in [6.45, 7) is 7.69. The maximum Gasteiger partial charge on any atom is 0.238 e.